The molecule has 6 nitrogen and oxygen atoms in total. The standard InChI is InChI=1S/C13H16ClNO5S/c1-8-6-9(14)2-3-12(8)21(19,20)15-5-4-11(16)10(7-15)13(17)18/h2-3,6,10-11,16H,4-5,7H2,1H3,(H,17,18)/t10-,11+/m0/s1. The molecule has 1 saturated heterocycles. The molecule has 21 heavy (non-hydrogen) atoms. The molecule has 0 aliphatic carbocycles. The number of carboxylic acid groups (broad SMARTS) is 1. The average Bonchev–Trinajstić information content (AvgIpc) is 2.38. The molecular formula is C13H16ClNO5S. The van der Waals surface area contributed by atoms with Gasteiger partial charge in [-0.15, -0.1) is 0 Å². The molecule has 1 heterocycles. The van der Waals surface area contributed by atoms with Crippen molar-refractivity contribution in [2.24, 2.45) is 5.92 Å². The Hall–Kier alpha value is -1.15. The molecule has 1 aliphatic heterocycles. The van der Waals surface area contributed by atoms with Gasteiger partial charge in [-0.25, -0.2) is 8.42 Å². The molecule has 1 aromatic rings. The molecule has 1 aromatic carbocycles. The predicted molar refractivity (Wildman–Crippen MR) is 76.7 cm³/mol. The van der Waals surface area contributed by atoms with Crippen molar-refractivity contribution in [1.29, 1.82) is 0 Å². The second-order valence-corrected chi connectivity index (χ2v) is 7.42. The number of aliphatic hydroxyl groups is 1. The highest BCUT2D eigenvalue weighted by molar-refractivity contribution is 7.89. The minimum atomic E-state index is -3.80. The summed E-state index contributed by atoms with van der Waals surface area (Å²) in [5, 5.41) is 19.2. The average molecular weight is 334 g/mol. The third kappa shape index (κ3) is 3.21. The van der Waals surface area contributed by atoms with Crippen LogP contribution in [-0.2, 0) is 14.8 Å². The van der Waals surface area contributed by atoms with E-state index < -0.39 is 28.0 Å². The maximum absolute atomic E-state index is 12.6. The molecule has 116 valence electrons. The summed E-state index contributed by atoms with van der Waals surface area (Å²) in [5.74, 6) is -2.31. The van der Waals surface area contributed by atoms with Gasteiger partial charge in [-0.3, -0.25) is 4.79 Å². The first-order chi connectivity index (χ1) is 9.73. The van der Waals surface area contributed by atoms with Gasteiger partial charge in [0.2, 0.25) is 10.0 Å². The van der Waals surface area contributed by atoms with Crippen LogP contribution in [0.4, 0.5) is 0 Å². The maximum Gasteiger partial charge on any atom is 0.310 e. The molecule has 0 radical (unpaired) electrons. The van der Waals surface area contributed by atoms with Crippen LogP contribution in [-0.4, -0.2) is 48.1 Å². The number of hydrogen-bond acceptors (Lipinski definition) is 4. The van der Waals surface area contributed by atoms with E-state index in [0.717, 1.165) is 4.31 Å². The number of piperidine rings is 1. The summed E-state index contributed by atoms with van der Waals surface area (Å²) in [6.07, 6.45) is -0.927. The number of hydrogen-bond donors (Lipinski definition) is 2. The number of benzene rings is 1. The van der Waals surface area contributed by atoms with Crippen molar-refractivity contribution in [3.8, 4) is 0 Å². The summed E-state index contributed by atoms with van der Waals surface area (Å²) in [7, 11) is -3.80. The normalized spacial score (nSPS) is 24.0. The van der Waals surface area contributed by atoms with Gasteiger partial charge in [-0.05, 0) is 37.1 Å². The molecule has 0 aromatic heterocycles. The van der Waals surface area contributed by atoms with E-state index in [4.69, 9.17) is 16.7 Å². The summed E-state index contributed by atoms with van der Waals surface area (Å²) in [6, 6.07) is 4.44. The number of sulfonamides is 1. The Morgan fingerprint density at radius 1 is 1.43 bits per heavy atom. The summed E-state index contributed by atoms with van der Waals surface area (Å²) in [6.45, 7) is 1.49. The van der Waals surface area contributed by atoms with Crippen molar-refractivity contribution < 1.29 is 23.4 Å². The number of aliphatic carboxylic acids is 1. The van der Waals surface area contributed by atoms with E-state index >= 15 is 0 Å². The summed E-state index contributed by atoms with van der Waals surface area (Å²) in [4.78, 5) is 11.2. The van der Waals surface area contributed by atoms with Crippen LogP contribution < -0.4 is 0 Å². The third-order valence-electron chi connectivity index (χ3n) is 3.61. The second kappa shape index (κ2) is 5.92. The van der Waals surface area contributed by atoms with Gasteiger partial charge in [-0.2, -0.15) is 4.31 Å². The Balaban J connectivity index is 2.33. The van der Waals surface area contributed by atoms with Crippen LogP contribution in [0.25, 0.3) is 0 Å². The van der Waals surface area contributed by atoms with E-state index in [1.54, 1.807) is 13.0 Å². The minimum Gasteiger partial charge on any atom is -0.481 e. The Labute approximate surface area is 128 Å². The van der Waals surface area contributed by atoms with E-state index in [0.29, 0.717) is 10.6 Å². The lowest BCUT2D eigenvalue weighted by molar-refractivity contribution is -0.147. The highest BCUT2D eigenvalue weighted by Crippen LogP contribution is 2.27. The van der Waals surface area contributed by atoms with Crippen LogP contribution in [0.2, 0.25) is 5.02 Å². The first-order valence-corrected chi connectivity index (χ1v) is 8.22. The summed E-state index contributed by atoms with van der Waals surface area (Å²) >= 11 is 5.82. The molecule has 2 N–H and O–H groups in total. The zero-order valence-corrected chi connectivity index (χ0v) is 12.9. The van der Waals surface area contributed by atoms with Crippen LogP contribution in [0.1, 0.15) is 12.0 Å². The van der Waals surface area contributed by atoms with Crippen molar-refractivity contribution in [3.63, 3.8) is 0 Å². The third-order valence-corrected chi connectivity index (χ3v) is 5.87. The predicted octanol–water partition coefficient (Wildman–Crippen LogP) is 1.10. The molecule has 0 spiro atoms. The Kier molecular flexibility index (Phi) is 4.57. The van der Waals surface area contributed by atoms with Crippen LogP contribution >= 0.6 is 11.6 Å². The summed E-state index contributed by atoms with van der Waals surface area (Å²) in [5.41, 5.74) is 0.500. The van der Waals surface area contributed by atoms with Gasteiger partial charge in [0.15, 0.2) is 0 Å². The number of halogens is 1. The number of rotatable bonds is 3. The van der Waals surface area contributed by atoms with Crippen molar-refractivity contribution in [2.45, 2.75) is 24.3 Å². The largest absolute Gasteiger partial charge is 0.481 e. The minimum absolute atomic E-state index is 0.0926. The van der Waals surface area contributed by atoms with Gasteiger partial charge in [0.05, 0.1) is 16.9 Å². The van der Waals surface area contributed by atoms with Gasteiger partial charge < -0.3 is 10.2 Å². The van der Waals surface area contributed by atoms with Gasteiger partial charge in [0.25, 0.3) is 0 Å². The molecule has 1 aliphatic rings. The summed E-state index contributed by atoms with van der Waals surface area (Å²) < 4.78 is 26.3. The van der Waals surface area contributed by atoms with Crippen molar-refractivity contribution in [1.82, 2.24) is 4.31 Å². The van der Waals surface area contributed by atoms with E-state index in [1.165, 1.54) is 12.1 Å². The van der Waals surface area contributed by atoms with E-state index in [-0.39, 0.29) is 24.4 Å². The maximum atomic E-state index is 12.6. The van der Waals surface area contributed by atoms with E-state index in [2.05, 4.69) is 0 Å². The molecule has 2 rings (SSSR count). The Bertz CT molecular complexity index is 661. The van der Waals surface area contributed by atoms with Gasteiger partial charge in [0, 0.05) is 18.1 Å². The zero-order chi connectivity index (χ0) is 15.8. The first-order valence-electron chi connectivity index (χ1n) is 6.40. The van der Waals surface area contributed by atoms with Gasteiger partial charge in [-0.1, -0.05) is 11.6 Å². The highest BCUT2D eigenvalue weighted by Gasteiger charge is 2.38. The Morgan fingerprint density at radius 2 is 2.10 bits per heavy atom. The fraction of sp³-hybridized carbons (Fsp3) is 0.462. The lowest BCUT2D eigenvalue weighted by Gasteiger charge is -2.33. The van der Waals surface area contributed by atoms with E-state index in [1.807, 2.05) is 0 Å². The monoisotopic (exact) mass is 333 g/mol. The molecule has 0 saturated carbocycles. The molecular weight excluding hydrogens is 318 g/mol. The number of aliphatic hydroxyl groups excluding tert-OH is 1. The second-order valence-electron chi connectivity index (χ2n) is 5.07. The SMILES string of the molecule is Cc1cc(Cl)ccc1S(=O)(=O)N1CC[C@@H](O)[C@@H](C(=O)O)C1. The Morgan fingerprint density at radius 3 is 2.67 bits per heavy atom. The fourth-order valence-electron chi connectivity index (χ4n) is 2.41. The lowest BCUT2D eigenvalue weighted by Crippen LogP contribution is -2.48. The van der Waals surface area contributed by atoms with Crippen molar-refractivity contribution in [3.05, 3.63) is 28.8 Å². The molecule has 0 unspecified atom stereocenters. The quantitative estimate of drug-likeness (QED) is 0.863. The van der Waals surface area contributed by atoms with Crippen molar-refractivity contribution in [2.75, 3.05) is 13.1 Å². The smallest absolute Gasteiger partial charge is 0.310 e. The molecule has 0 bridgehead atoms. The first kappa shape index (κ1) is 16.2. The van der Waals surface area contributed by atoms with Gasteiger partial charge >= 0.3 is 5.97 Å². The number of carbonyl (C=O) groups is 1. The van der Waals surface area contributed by atoms with Crippen LogP contribution in [0.3, 0.4) is 0 Å². The van der Waals surface area contributed by atoms with Crippen molar-refractivity contribution >= 4 is 27.6 Å². The van der Waals surface area contributed by atoms with Crippen LogP contribution in [0.15, 0.2) is 23.1 Å². The van der Waals surface area contributed by atoms with Gasteiger partial charge in [0.1, 0.15) is 0 Å². The molecule has 0 amide bonds. The number of carboxylic acids is 1. The topological polar surface area (TPSA) is 94.9 Å². The number of nitrogens with zero attached hydrogens (tertiary/aromatic N) is 1. The molecule has 2 atom stereocenters. The van der Waals surface area contributed by atoms with Crippen LogP contribution in [0.5, 0.6) is 0 Å². The molecule has 1 fully saturated rings. The fourth-order valence-corrected chi connectivity index (χ4v) is 4.33. The lowest BCUT2D eigenvalue weighted by atomic mass is 9.96. The zero-order valence-electron chi connectivity index (χ0n) is 11.4. The van der Waals surface area contributed by atoms with E-state index in [9.17, 15) is 18.3 Å². The number of aryl methyl sites for hydroxylation is 1. The highest BCUT2D eigenvalue weighted by atomic mass is 35.5. The van der Waals surface area contributed by atoms with Crippen LogP contribution in [0, 0.1) is 12.8 Å². The molecule has 8 heteroatoms.